The molecule has 0 radical (unpaired) electrons. The molecule has 0 aliphatic carbocycles. The average Bonchev–Trinajstić information content (AvgIpc) is 2.29. The lowest BCUT2D eigenvalue weighted by Crippen LogP contribution is -3.12. The van der Waals surface area contributed by atoms with E-state index in [2.05, 4.69) is 0 Å². The van der Waals surface area contributed by atoms with Crippen molar-refractivity contribution in [2.24, 2.45) is 0 Å². The van der Waals surface area contributed by atoms with E-state index in [-0.39, 0.29) is 16.7 Å². The molecule has 17 heavy (non-hydrogen) atoms. The van der Waals surface area contributed by atoms with E-state index in [0.29, 0.717) is 0 Å². The van der Waals surface area contributed by atoms with Gasteiger partial charge in [-0.1, -0.05) is 12.1 Å². The van der Waals surface area contributed by atoms with Crippen LogP contribution in [0.5, 0.6) is 0 Å². The highest BCUT2D eigenvalue weighted by Gasteiger charge is 2.21. The third-order valence-corrected chi connectivity index (χ3v) is 3.17. The highest BCUT2D eigenvalue weighted by atomic mass is 16.6. The number of non-ortho nitro benzene ring substituents is 1. The molecule has 1 heterocycles. The third-order valence-electron chi connectivity index (χ3n) is 3.17. The van der Waals surface area contributed by atoms with Gasteiger partial charge in [-0.2, -0.15) is 0 Å². The van der Waals surface area contributed by atoms with Crippen LogP contribution in [0.1, 0.15) is 18.4 Å². The highest BCUT2D eigenvalue weighted by molar-refractivity contribution is 5.33. The van der Waals surface area contributed by atoms with Gasteiger partial charge in [0.2, 0.25) is 0 Å². The first-order valence-corrected chi connectivity index (χ1v) is 5.90. The Morgan fingerprint density at radius 2 is 2.35 bits per heavy atom. The Morgan fingerprint density at radius 1 is 1.53 bits per heavy atom. The Hall–Kier alpha value is -1.46. The molecule has 0 spiro atoms. The Kier molecular flexibility index (Phi) is 3.71. The van der Waals surface area contributed by atoms with Gasteiger partial charge >= 0.3 is 0 Å². The van der Waals surface area contributed by atoms with Crippen LogP contribution >= 0.6 is 0 Å². The molecule has 1 aromatic carbocycles. The first-order valence-electron chi connectivity index (χ1n) is 5.90. The van der Waals surface area contributed by atoms with Gasteiger partial charge in [0.1, 0.15) is 19.2 Å². The summed E-state index contributed by atoms with van der Waals surface area (Å²) < 4.78 is 0. The second kappa shape index (κ2) is 5.25. The summed E-state index contributed by atoms with van der Waals surface area (Å²) in [5.41, 5.74) is 1.10. The number of rotatable bonds is 3. The summed E-state index contributed by atoms with van der Waals surface area (Å²) in [5.74, 6) is 0. The van der Waals surface area contributed by atoms with Gasteiger partial charge in [-0.3, -0.25) is 10.1 Å². The summed E-state index contributed by atoms with van der Waals surface area (Å²) in [5, 5.41) is 20.2. The van der Waals surface area contributed by atoms with Crippen molar-refractivity contribution >= 4 is 5.69 Å². The topological polar surface area (TPSA) is 67.8 Å². The van der Waals surface area contributed by atoms with Crippen LogP contribution in [0, 0.1) is 10.1 Å². The number of quaternary nitrogens is 1. The van der Waals surface area contributed by atoms with Crippen molar-refractivity contribution in [2.45, 2.75) is 25.5 Å². The molecule has 2 N–H and O–H groups in total. The van der Waals surface area contributed by atoms with E-state index in [1.54, 1.807) is 12.1 Å². The first-order chi connectivity index (χ1) is 8.15. The maximum atomic E-state index is 10.7. The SMILES string of the molecule is O=[N+]([O-])c1cccc(C[NH+]2CCC[C@@H](O)C2)c1. The quantitative estimate of drug-likeness (QED) is 0.580. The minimum atomic E-state index is -0.371. The van der Waals surface area contributed by atoms with E-state index < -0.39 is 0 Å². The Bertz CT molecular complexity index is 408. The van der Waals surface area contributed by atoms with Gasteiger partial charge < -0.3 is 10.0 Å². The number of hydrogen-bond donors (Lipinski definition) is 2. The molecule has 1 aliphatic rings. The van der Waals surface area contributed by atoms with E-state index in [0.717, 1.165) is 38.0 Å². The van der Waals surface area contributed by atoms with Crippen LogP contribution in [0.2, 0.25) is 0 Å². The van der Waals surface area contributed by atoms with E-state index in [9.17, 15) is 15.2 Å². The van der Waals surface area contributed by atoms with Crippen molar-refractivity contribution in [3.8, 4) is 0 Å². The van der Waals surface area contributed by atoms with Crippen molar-refractivity contribution < 1.29 is 14.9 Å². The third kappa shape index (κ3) is 3.25. The Balaban J connectivity index is 2.02. The van der Waals surface area contributed by atoms with Crippen molar-refractivity contribution in [3.05, 3.63) is 39.9 Å². The standard InChI is InChI=1S/C12H16N2O3/c15-12-5-2-6-13(9-12)8-10-3-1-4-11(7-10)14(16)17/h1,3-4,7,12,15H,2,5-6,8-9H2/p+1/t12-/m1/s1. The number of benzene rings is 1. The van der Waals surface area contributed by atoms with E-state index in [1.165, 1.54) is 11.0 Å². The molecule has 1 aromatic rings. The van der Waals surface area contributed by atoms with Crippen LogP contribution in [0.15, 0.2) is 24.3 Å². The number of nitro benzene ring substituents is 1. The van der Waals surface area contributed by atoms with Crippen molar-refractivity contribution in [2.75, 3.05) is 13.1 Å². The largest absolute Gasteiger partial charge is 0.387 e. The van der Waals surface area contributed by atoms with Gasteiger partial charge in [0.25, 0.3) is 5.69 Å². The monoisotopic (exact) mass is 237 g/mol. The highest BCUT2D eigenvalue weighted by Crippen LogP contribution is 2.12. The maximum absolute atomic E-state index is 10.7. The number of aliphatic hydroxyl groups excluding tert-OH is 1. The zero-order valence-corrected chi connectivity index (χ0v) is 9.63. The Morgan fingerprint density at radius 3 is 3.06 bits per heavy atom. The lowest BCUT2D eigenvalue weighted by atomic mass is 10.1. The van der Waals surface area contributed by atoms with Gasteiger partial charge in [-0.05, 0) is 12.8 Å². The predicted octanol–water partition coefficient (Wildman–Crippen LogP) is 0.134. The van der Waals surface area contributed by atoms with Gasteiger partial charge in [-0.25, -0.2) is 0 Å². The molecule has 0 aromatic heterocycles. The predicted molar refractivity (Wildman–Crippen MR) is 62.7 cm³/mol. The number of aliphatic hydroxyl groups is 1. The second-order valence-electron chi connectivity index (χ2n) is 4.60. The summed E-state index contributed by atoms with van der Waals surface area (Å²) in [7, 11) is 0. The van der Waals surface area contributed by atoms with E-state index in [1.807, 2.05) is 6.07 Å². The number of piperidine rings is 1. The minimum absolute atomic E-state index is 0.138. The smallest absolute Gasteiger partial charge is 0.269 e. The molecule has 0 saturated carbocycles. The normalized spacial score (nSPS) is 24.5. The van der Waals surface area contributed by atoms with E-state index >= 15 is 0 Å². The summed E-state index contributed by atoms with van der Waals surface area (Å²) >= 11 is 0. The molecule has 92 valence electrons. The van der Waals surface area contributed by atoms with Crippen LogP contribution in [0.4, 0.5) is 5.69 Å². The van der Waals surface area contributed by atoms with Crippen molar-refractivity contribution in [1.29, 1.82) is 0 Å². The van der Waals surface area contributed by atoms with Gasteiger partial charge in [0, 0.05) is 17.7 Å². The van der Waals surface area contributed by atoms with Gasteiger partial charge in [0.05, 0.1) is 11.5 Å². The molecule has 5 heteroatoms. The molecule has 1 aliphatic heterocycles. The molecule has 1 saturated heterocycles. The lowest BCUT2D eigenvalue weighted by molar-refractivity contribution is -0.921. The summed E-state index contributed by atoms with van der Waals surface area (Å²) in [6, 6.07) is 6.74. The summed E-state index contributed by atoms with van der Waals surface area (Å²) in [6.07, 6.45) is 1.67. The number of nitro groups is 1. The fraction of sp³-hybridized carbons (Fsp3) is 0.500. The Labute approximate surface area is 99.8 Å². The molecular weight excluding hydrogens is 220 g/mol. The van der Waals surface area contributed by atoms with Crippen LogP contribution in [0.3, 0.4) is 0 Å². The molecule has 5 nitrogen and oxygen atoms in total. The molecule has 0 amide bonds. The van der Waals surface area contributed by atoms with Crippen LogP contribution < -0.4 is 4.90 Å². The maximum Gasteiger partial charge on any atom is 0.269 e. The molecule has 1 unspecified atom stereocenters. The average molecular weight is 237 g/mol. The van der Waals surface area contributed by atoms with Crippen molar-refractivity contribution in [1.82, 2.24) is 0 Å². The first kappa shape index (κ1) is 12.0. The molecule has 0 bridgehead atoms. The number of nitrogens with zero attached hydrogens (tertiary/aromatic N) is 1. The fourth-order valence-electron chi connectivity index (χ4n) is 2.35. The molecule has 2 atom stereocenters. The van der Waals surface area contributed by atoms with E-state index in [4.69, 9.17) is 0 Å². The zero-order valence-electron chi connectivity index (χ0n) is 9.63. The summed E-state index contributed by atoms with van der Waals surface area (Å²) in [6.45, 7) is 2.52. The van der Waals surface area contributed by atoms with Gasteiger partial charge in [-0.15, -0.1) is 0 Å². The van der Waals surface area contributed by atoms with Crippen LogP contribution in [-0.2, 0) is 6.54 Å². The lowest BCUT2D eigenvalue weighted by Gasteiger charge is -2.26. The second-order valence-corrected chi connectivity index (χ2v) is 4.60. The minimum Gasteiger partial charge on any atom is -0.387 e. The number of likely N-dealkylation sites (tertiary alicyclic amines) is 1. The van der Waals surface area contributed by atoms with Crippen molar-refractivity contribution in [3.63, 3.8) is 0 Å². The van der Waals surface area contributed by atoms with Crippen LogP contribution in [-0.4, -0.2) is 29.2 Å². The fourth-order valence-corrected chi connectivity index (χ4v) is 2.35. The molecular formula is C12H17N2O3+. The molecule has 1 fully saturated rings. The number of nitrogens with one attached hydrogen (secondary N) is 1. The number of hydrogen-bond acceptors (Lipinski definition) is 3. The summed E-state index contributed by atoms with van der Waals surface area (Å²) in [4.78, 5) is 11.6. The van der Waals surface area contributed by atoms with Gasteiger partial charge in [0.15, 0.2) is 0 Å². The zero-order chi connectivity index (χ0) is 12.3. The molecule has 2 rings (SSSR count). The van der Waals surface area contributed by atoms with Crippen LogP contribution in [0.25, 0.3) is 0 Å².